The molecule has 0 aliphatic heterocycles. The summed E-state index contributed by atoms with van der Waals surface area (Å²) in [6, 6.07) is 2.24. The molecule has 0 spiro atoms. The van der Waals surface area contributed by atoms with Gasteiger partial charge in [0, 0.05) is 18.3 Å². The number of rotatable bonds is 5. The van der Waals surface area contributed by atoms with Gasteiger partial charge in [0.2, 0.25) is 0 Å². The third kappa shape index (κ3) is 4.53. The van der Waals surface area contributed by atoms with Crippen LogP contribution in [0.4, 0.5) is 19.3 Å². The molecule has 0 aliphatic carbocycles. The standard InChI is InChI=1S/C12H14F2N2O3/c1-2-5-16(7-11(17)18)12(19)15-8-3-4-9(13)10(14)6-8/h3-4,6H,2,5,7H2,1H3,(H,15,19)(H,17,18). The predicted octanol–water partition coefficient (Wildman–Crippen LogP) is 2.29. The fraction of sp³-hybridized carbons (Fsp3) is 0.333. The first-order chi connectivity index (χ1) is 8.93. The summed E-state index contributed by atoms with van der Waals surface area (Å²) in [4.78, 5) is 23.5. The van der Waals surface area contributed by atoms with E-state index in [-0.39, 0.29) is 12.2 Å². The fourth-order valence-electron chi connectivity index (χ4n) is 1.46. The summed E-state index contributed by atoms with van der Waals surface area (Å²) in [5.74, 6) is -3.25. The van der Waals surface area contributed by atoms with Gasteiger partial charge in [-0.1, -0.05) is 6.92 Å². The van der Waals surface area contributed by atoms with Crippen molar-refractivity contribution in [2.24, 2.45) is 0 Å². The average molecular weight is 272 g/mol. The van der Waals surface area contributed by atoms with Crippen LogP contribution in [0.25, 0.3) is 0 Å². The topological polar surface area (TPSA) is 69.6 Å². The lowest BCUT2D eigenvalue weighted by molar-refractivity contribution is -0.137. The molecule has 2 amide bonds. The van der Waals surface area contributed by atoms with Crippen LogP contribution in [0.5, 0.6) is 0 Å². The first kappa shape index (κ1) is 14.9. The first-order valence-corrected chi connectivity index (χ1v) is 5.66. The van der Waals surface area contributed by atoms with Crippen LogP contribution < -0.4 is 5.32 Å². The molecule has 2 N–H and O–H groups in total. The highest BCUT2D eigenvalue weighted by molar-refractivity contribution is 5.91. The third-order valence-corrected chi connectivity index (χ3v) is 2.28. The van der Waals surface area contributed by atoms with Crippen molar-refractivity contribution in [1.82, 2.24) is 4.90 Å². The van der Waals surface area contributed by atoms with E-state index in [4.69, 9.17) is 5.11 Å². The summed E-state index contributed by atoms with van der Waals surface area (Å²) >= 11 is 0. The molecule has 104 valence electrons. The molecule has 0 aromatic heterocycles. The third-order valence-electron chi connectivity index (χ3n) is 2.28. The Balaban J connectivity index is 2.74. The van der Waals surface area contributed by atoms with E-state index in [1.807, 2.05) is 0 Å². The quantitative estimate of drug-likeness (QED) is 0.864. The number of carboxylic acid groups (broad SMARTS) is 1. The van der Waals surface area contributed by atoms with E-state index in [0.717, 1.165) is 17.0 Å². The highest BCUT2D eigenvalue weighted by Crippen LogP contribution is 2.13. The van der Waals surface area contributed by atoms with E-state index in [1.54, 1.807) is 6.92 Å². The summed E-state index contributed by atoms with van der Waals surface area (Å²) in [6.45, 7) is 1.59. The minimum absolute atomic E-state index is 0.0652. The molecule has 5 nitrogen and oxygen atoms in total. The molecule has 0 radical (unpaired) electrons. The molecule has 7 heteroatoms. The molecule has 1 aromatic rings. The number of hydrogen-bond acceptors (Lipinski definition) is 2. The highest BCUT2D eigenvalue weighted by Gasteiger charge is 2.16. The van der Waals surface area contributed by atoms with E-state index < -0.39 is 30.2 Å². The van der Waals surface area contributed by atoms with E-state index in [9.17, 15) is 18.4 Å². The molecule has 0 heterocycles. The lowest BCUT2D eigenvalue weighted by atomic mass is 10.3. The van der Waals surface area contributed by atoms with Gasteiger partial charge in [-0.05, 0) is 18.6 Å². The van der Waals surface area contributed by atoms with Crippen LogP contribution in [-0.4, -0.2) is 35.1 Å². The number of urea groups is 1. The maximum atomic E-state index is 13.0. The number of nitrogens with zero attached hydrogens (tertiary/aromatic N) is 1. The fourth-order valence-corrected chi connectivity index (χ4v) is 1.46. The number of carboxylic acids is 1. The average Bonchev–Trinajstić information content (AvgIpc) is 2.33. The van der Waals surface area contributed by atoms with E-state index in [2.05, 4.69) is 5.32 Å². The second kappa shape index (κ2) is 6.67. The lowest BCUT2D eigenvalue weighted by Gasteiger charge is -2.20. The van der Waals surface area contributed by atoms with Crippen molar-refractivity contribution in [1.29, 1.82) is 0 Å². The van der Waals surface area contributed by atoms with Gasteiger partial charge in [-0.2, -0.15) is 0 Å². The number of carbonyl (C=O) groups excluding carboxylic acids is 1. The number of aliphatic carboxylic acids is 1. The van der Waals surface area contributed by atoms with E-state index in [0.29, 0.717) is 6.42 Å². The van der Waals surface area contributed by atoms with Crippen molar-refractivity contribution in [3.8, 4) is 0 Å². The Morgan fingerprint density at radius 1 is 1.32 bits per heavy atom. The van der Waals surface area contributed by atoms with Gasteiger partial charge < -0.3 is 15.3 Å². The first-order valence-electron chi connectivity index (χ1n) is 5.66. The lowest BCUT2D eigenvalue weighted by Crippen LogP contribution is -2.39. The van der Waals surface area contributed by atoms with Gasteiger partial charge in [0.15, 0.2) is 11.6 Å². The summed E-state index contributed by atoms with van der Waals surface area (Å²) in [6.07, 6.45) is 0.582. The number of nitrogens with one attached hydrogen (secondary N) is 1. The van der Waals surface area contributed by atoms with Gasteiger partial charge in [0.1, 0.15) is 6.54 Å². The van der Waals surface area contributed by atoms with Gasteiger partial charge in [0.25, 0.3) is 0 Å². The minimum atomic E-state index is -1.14. The zero-order valence-electron chi connectivity index (χ0n) is 10.3. The Morgan fingerprint density at radius 2 is 2.00 bits per heavy atom. The number of carbonyl (C=O) groups is 2. The molecule has 0 aliphatic rings. The molecule has 1 aromatic carbocycles. The Kier molecular flexibility index (Phi) is 5.23. The number of benzene rings is 1. The molecular weight excluding hydrogens is 258 g/mol. The van der Waals surface area contributed by atoms with Crippen LogP contribution in [0.15, 0.2) is 18.2 Å². The van der Waals surface area contributed by atoms with Gasteiger partial charge in [-0.15, -0.1) is 0 Å². The number of halogens is 2. The van der Waals surface area contributed by atoms with Crippen LogP contribution in [0.3, 0.4) is 0 Å². The molecule has 0 unspecified atom stereocenters. The van der Waals surface area contributed by atoms with Crippen molar-refractivity contribution >= 4 is 17.7 Å². The van der Waals surface area contributed by atoms with Crippen LogP contribution in [-0.2, 0) is 4.79 Å². The molecule has 0 atom stereocenters. The Morgan fingerprint density at radius 3 is 2.53 bits per heavy atom. The minimum Gasteiger partial charge on any atom is -0.480 e. The van der Waals surface area contributed by atoms with Crippen LogP contribution >= 0.6 is 0 Å². The largest absolute Gasteiger partial charge is 0.480 e. The zero-order chi connectivity index (χ0) is 14.4. The molecule has 1 rings (SSSR count). The summed E-state index contributed by atoms with van der Waals surface area (Å²) < 4.78 is 25.7. The van der Waals surface area contributed by atoms with Gasteiger partial charge >= 0.3 is 12.0 Å². The summed E-state index contributed by atoms with van der Waals surface area (Å²) in [5.41, 5.74) is 0.0652. The molecule has 0 saturated carbocycles. The van der Waals surface area contributed by atoms with Crippen molar-refractivity contribution in [2.45, 2.75) is 13.3 Å². The Hall–Kier alpha value is -2.18. The van der Waals surface area contributed by atoms with E-state index >= 15 is 0 Å². The summed E-state index contributed by atoms with van der Waals surface area (Å²) in [5, 5.41) is 11.0. The van der Waals surface area contributed by atoms with Crippen molar-refractivity contribution in [2.75, 3.05) is 18.4 Å². The van der Waals surface area contributed by atoms with Crippen LogP contribution in [0.1, 0.15) is 13.3 Å². The second-order valence-electron chi connectivity index (χ2n) is 3.87. The zero-order valence-corrected chi connectivity index (χ0v) is 10.3. The van der Waals surface area contributed by atoms with Gasteiger partial charge in [-0.3, -0.25) is 4.79 Å². The van der Waals surface area contributed by atoms with E-state index in [1.165, 1.54) is 6.07 Å². The monoisotopic (exact) mass is 272 g/mol. The number of hydrogen-bond donors (Lipinski definition) is 2. The van der Waals surface area contributed by atoms with Crippen LogP contribution in [0.2, 0.25) is 0 Å². The molecular formula is C12H14F2N2O3. The maximum Gasteiger partial charge on any atom is 0.323 e. The SMILES string of the molecule is CCCN(CC(=O)O)C(=O)Nc1ccc(F)c(F)c1. The molecule has 19 heavy (non-hydrogen) atoms. The molecule has 0 fully saturated rings. The number of anilines is 1. The number of amides is 2. The maximum absolute atomic E-state index is 13.0. The smallest absolute Gasteiger partial charge is 0.323 e. The normalized spacial score (nSPS) is 10.1. The Bertz CT molecular complexity index is 480. The van der Waals surface area contributed by atoms with Gasteiger partial charge in [0.05, 0.1) is 0 Å². The van der Waals surface area contributed by atoms with Crippen molar-refractivity contribution in [3.05, 3.63) is 29.8 Å². The highest BCUT2D eigenvalue weighted by atomic mass is 19.2. The Labute approximate surface area is 108 Å². The molecule has 0 saturated heterocycles. The van der Waals surface area contributed by atoms with Crippen LogP contribution in [0, 0.1) is 11.6 Å². The summed E-state index contributed by atoms with van der Waals surface area (Å²) in [7, 11) is 0. The van der Waals surface area contributed by atoms with Crippen molar-refractivity contribution in [3.63, 3.8) is 0 Å². The van der Waals surface area contributed by atoms with Gasteiger partial charge in [-0.25, -0.2) is 13.6 Å². The molecule has 0 bridgehead atoms. The second-order valence-corrected chi connectivity index (χ2v) is 3.87. The van der Waals surface area contributed by atoms with Crippen molar-refractivity contribution < 1.29 is 23.5 Å². The predicted molar refractivity (Wildman–Crippen MR) is 64.9 cm³/mol.